The quantitative estimate of drug-likeness (QED) is 0.302. The number of amides is 1. The number of anilines is 1. The number of halogens is 1. The summed E-state index contributed by atoms with van der Waals surface area (Å²) in [5, 5.41) is 8.99. The predicted molar refractivity (Wildman–Crippen MR) is 149 cm³/mol. The largest absolute Gasteiger partial charge is 0.481 e. The number of hydrogen-bond donors (Lipinski definition) is 1. The molecule has 1 aliphatic heterocycles. The van der Waals surface area contributed by atoms with Crippen LogP contribution in [0.3, 0.4) is 0 Å². The van der Waals surface area contributed by atoms with Gasteiger partial charge in [-0.25, -0.2) is 14.4 Å². The summed E-state index contributed by atoms with van der Waals surface area (Å²) in [5.74, 6) is -1.21. The van der Waals surface area contributed by atoms with Crippen molar-refractivity contribution in [3.05, 3.63) is 89.9 Å². The highest BCUT2D eigenvalue weighted by molar-refractivity contribution is 5.98. The van der Waals surface area contributed by atoms with E-state index >= 15 is 0 Å². The van der Waals surface area contributed by atoms with Crippen LogP contribution in [0.25, 0.3) is 22.3 Å². The molecule has 0 spiro atoms. The third kappa shape index (κ3) is 6.06. The number of aromatic nitrogens is 2. The number of unbranched alkanes of at least 4 members (excludes halogenated alkanes) is 1. The second-order valence-electron chi connectivity index (χ2n) is 9.96. The summed E-state index contributed by atoms with van der Waals surface area (Å²) in [7, 11) is 0. The third-order valence-electron chi connectivity index (χ3n) is 7.16. The first-order valence-electron chi connectivity index (χ1n) is 13.3. The number of aryl methyl sites for hydroxylation is 1. The number of fused-ring (bicyclic) bond motifs is 1. The number of rotatable bonds is 8. The smallest absolute Gasteiger partial charge is 0.303 e. The molecule has 0 bridgehead atoms. The number of piperazine rings is 1. The molecular weight excluding hydrogens is 495 g/mol. The highest BCUT2D eigenvalue weighted by Crippen LogP contribution is 2.27. The minimum atomic E-state index is -0.833. The van der Waals surface area contributed by atoms with E-state index in [1.54, 1.807) is 24.3 Å². The Labute approximate surface area is 226 Å². The molecule has 5 rings (SSSR count). The van der Waals surface area contributed by atoms with Crippen molar-refractivity contribution in [3.63, 3.8) is 0 Å². The highest BCUT2D eigenvalue weighted by atomic mass is 19.1. The second-order valence-corrected chi connectivity index (χ2v) is 9.96. The summed E-state index contributed by atoms with van der Waals surface area (Å²) in [5.41, 5.74) is 5.05. The number of carbonyl (C=O) groups excluding carboxylic acids is 1. The van der Waals surface area contributed by atoms with Crippen LogP contribution >= 0.6 is 0 Å². The summed E-state index contributed by atoms with van der Waals surface area (Å²) in [6.45, 7) is 4.20. The number of carboxylic acids is 1. The van der Waals surface area contributed by atoms with Gasteiger partial charge in [0.1, 0.15) is 5.82 Å². The Bertz CT molecular complexity index is 1480. The minimum Gasteiger partial charge on any atom is -0.481 e. The molecule has 0 unspecified atom stereocenters. The molecule has 1 aliphatic rings. The molecule has 7 nitrogen and oxygen atoms in total. The van der Waals surface area contributed by atoms with Gasteiger partial charge in [-0.3, -0.25) is 9.59 Å². The molecule has 1 fully saturated rings. The van der Waals surface area contributed by atoms with Gasteiger partial charge in [-0.2, -0.15) is 0 Å². The SMILES string of the molecule is C[C@@H]1CN(c2ccccc2)CCN1C(=O)c1ccc2nc(-c3ccc(F)cc3)c(CCCCC(=O)O)nc2c1. The maximum Gasteiger partial charge on any atom is 0.303 e. The van der Waals surface area contributed by atoms with E-state index in [0.29, 0.717) is 53.8 Å². The van der Waals surface area contributed by atoms with Crippen LogP contribution in [-0.2, 0) is 11.2 Å². The van der Waals surface area contributed by atoms with Crippen molar-refractivity contribution in [2.24, 2.45) is 0 Å². The summed E-state index contributed by atoms with van der Waals surface area (Å²) in [6, 6.07) is 21.8. The van der Waals surface area contributed by atoms with Crippen LogP contribution < -0.4 is 4.90 Å². The monoisotopic (exact) mass is 526 g/mol. The summed E-state index contributed by atoms with van der Waals surface area (Å²) in [6.07, 6.45) is 1.76. The molecule has 1 aromatic heterocycles. The van der Waals surface area contributed by atoms with Crippen molar-refractivity contribution in [1.29, 1.82) is 0 Å². The first kappa shape index (κ1) is 26.3. The fraction of sp³-hybridized carbons (Fsp3) is 0.290. The Balaban J connectivity index is 1.40. The van der Waals surface area contributed by atoms with E-state index < -0.39 is 5.97 Å². The standard InChI is InChI=1S/C31H31FN4O3/c1-21-20-35(25-7-3-2-4-8-25)17-18-36(21)31(39)23-13-16-26-28(19-23)33-27(9-5-6-10-29(37)38)30(34-26)22-11-14-24(32)15-12-22/h2-4,7-8,11-16,19,21H,5-6,9-10,17-18,20H2,1H3,(H,37,38)/t21-/m1/s1. The van der Waals surface area contributed by atoms with E-state index in [-0.39, 0.29) is 24.2 Å². The third-order valence-corrected chi connectivity index (χ3v) is 7.16. The van der Waals surface area contributed by atoms with Gasteiger partial charge in [-0.1, -0.05) is 18.2 Å². The molecule has 3 aromatic carbocycles. The van der Waals surface area contributed by atoms with Gasteiger partial charge in [0.15, 0.2) is 0 Å². The molecule has 4 aromatic rings. The van der Waals surface area contributed by atoms with Crippen molar-refractivity contribution in [2.45, 2.75) is 38.6 Å². The van der Waals surface area contributed by atoms with Crippen LogP contribution in [-0.4, -0.2) is 57.5 Å². The van der Waals surface area contributed by atoms with Gasteiger partial charge in [0.25, 0.3) is 5.91 Å². The average Bonchev–Trinajstić information content (AvgIpc) is 2.95. The maximum absolute atomic E-state index is 13.6. The molecule has 0 radical (unpaired) electrons. The van der Waals surface area contributed by atoms with E-state index in [4.69, 9.17) is 15.1 Å². The van der Waals surface area contributed by atoms with Crippen LogP contribution in [0.5, 0.6) is 0 Å². The van der Waals surface area contributed by atoms with Gasteiger partial charge in [0, 0.05) is 48.9 Å². The molecule has 0 saturated carbocycles. The first-order chi connectivity index (χ1) is 18.9. The normalized spacial score (nSPS) is 15.5. The van der Waals surface area contributed by atoms with Crippen LogP contribution in [0, 0.1) is 5.82 Å². The van der Waals surface area contributed by atoms with Crippen LogP contribution in [0.1, 0.15) is 42.2 Å². The minimum absolute atomic E-state index is 0.0375. The lowest BCUT2D eigenvalue weighted by Crippen LogP contribution is -2.54. The van der Waals surface area contributed by atoms with Crippen molar-refractivity contribution in [3.8, 4) is 11.3 Å². The zero-order valence-corrected chi connectivity index (χ0v) is 21.9. The molecule has 1 amide bonds. The van der Waals surface area contributed by atoms with Gasteiger partial charge in [0.05, 0.1) is 22.4 Å². The van der Waals surface area contributed by atoms with Crippen molar-refractivity contribution in [2.75, 3.05) is 24.5 Å². The second kappa shape index (κ2) is 11.6. The molecule has 0 aliphatic carbocycles. The van der Waals surface area contributed by atoms with E-state index in [0.717, 1.165) is 24.3 Å². The zero-order chi connectivity index (χ0) is 27.4. The van der Waals surface area contributed by atoms with Crippen LogP contribution in [0.2, 0.25) is 0 Å². The van der Waals surface area contributed by atoms with E-state index in [1.807, 2.05) is 29.2 Å². The summed E-state index contributed by atoms with van der Waals surface area (Å²) < 4.78 is 13.6. The maximum atomic E-state index is 13.6. The Morgan fingerprint density at radius 1 is 0.949 bits per heavy atom. The van der Waals surface area contributed by atoms with Gasteiger partial charge in [-0.15, -0.1) is 0 Å². The first-order valence-corrected chi connectivity index (χ1v) is 13.3. The molecule has 1 atom stereocenters. The van der Waals surface area contributed by atoms with Crippen molar-refractivity contribution in [1.82, 2.24) is 14.9 Å². The number of hydrogen-bond acceptors (Lipinski definition) is 5. The Morgan fingerprint density at radius 3 is 2.44 bits per heavy atom. The fourth-order valence-electron chi connectivity index (χ4n) is 5.10. The lowest BCUT2D eigenvalue weighted by molar-refractivity contribution is -0.137. The molecule has 200 valence electrons. The molecule has 1 N–H and O–H groups in total. The molecule has 1 saturated heterocycles. The van der Waals surface area contributed by atoms with E-state index in [1.165, 1.54) is 12.1 Å². The van der Waals surface area contributed by atoms with Crippen LogP contribution in [0.15, 0.2) is 72.8 Å². The topological polar surface area (TPSA) is 86.6 Å². The summed E-state index contributed by atoms with van der Waals surface area (Å²) in [4.78, 5) is 38.4. The van der Waals surface area contributed by atoms with E-state index in [9.17, 15) is 14.0 Å². The van der Waals surface area contributed by atoms with Gasteiger partial charge in [0.2, 0.25) is 0 Å². The lowest BCUT2D eigenvalue weighted by atomic mass is 10.0. The number of carbonyl (C=O) groups is 2. The summed E-state index contributed by atoms with van der Waals surface area (Å²) >= 11 is 0. The van der Waals surface area contributed by atoms with E-state index in [2.05, 4.69) is 24.0 Å². The number of benzene rings is 3. The fourth-order valence-corrected chi connectivity index (χ4v) is 5.10. The molecule has 39 heavy (non-hydrogen) atoms. The van der Waals surface area contributed by atoms with Gasteiger partial charge in [-0.05, 0) is 80.8 Å². The average molecular weight is 527 g/mol. The number of para-hydroxylation sites is 1. The van der Waals surface area contributed by atoms with Crippen LogP contribution in [0.4, 0.5) is 10.1 Å². The molecule has 8 heteroatoms. The molecule has 2 heterocycles. The zero-order valence-electron chi connectivity index (χ0n) is 21.9. The lowest BCUT2D eigenvalue weighted by Gasteiger charge is -2.41. The number of aliphatic carboxylic acids is 1. The predicted octanol–water partition coefficient (Wildman–Crippen LogP) is 5.58. The number of carboxylic acid groups (broad SMARTS) is 1. The Kier molecular flexibility index (Phi) is 7.81. The Hall–Kier alpha value is -4.33. The van der Waals surface area contributed by atoms with Crippen molar-refractivity contribution >= 4 is 28.6 Å². The Morgan fingerprint density at radius 2 is 1.72 bits per heavy atom. The van der Waals surface area contributed by atoms with Crippen molar-refractivity contribution < 1.29 is 19.1 Å². The number of nitrogens with zero attached hydrogens (tertiary/aromatic N) is 4. The highest BCUT2D eigenvalue weighted by Gasteiger charge is 2.28. The van der Waals surface area contributed by atoms with Gasteiger partial charge < -0.3 is 14.9 Å². The van der Waals surface area contributed by atoms with Gasteiger partial charge >= 0.3 is 5.97 Å². The molecular formula is C31H31FN4O3.